The van der Waals surface area contributed by atoms with E-state index in [0.717, 1.165) is 44.4 Å². The summed E-state index contributed by atoms with van der Waals surface area (Å²) >= 11 is 6.05. The van der Waals surface area contributed by atoms with Gasteiger partial charge in [0.05, 0.1) is 11.8 Å². The highest BCUT2D eigenvalue weighted by atomic mass is 35.5. The second kappa shape index (κ2) is 8.27. The third-order valence-corrected chi connectivity index (χ3v) is 4.47. The number of hydrogen-bond acceptors (Lipinski definition) is 4. The molecule has 1 fully saturated rings. The molecule has 25 heavy (non-hydrogen) atoms. The zero-order chi connectivity index (χ0) is 17.6. The van der Waals surface area contributed by atoms with Gasteiger partial charge in [-0.15, -0.1) is 0 Å². The Morgan fingerprint density at radius 3 is 2.80 bits per heavy atom. The van der Waals surface area contributed by atoms with E-state index in [1.54, 1.807) is 18.2 Å². The van der Waals surface area contributed by atoms with Crippen LogP contribution in [0, 0.1) is 11.7 Å². The maximum absolute atomic E-state index is 12.9. The van der Waals surface area contributed by atoms with Gasteiger partial charge in [-0.1, -0.05) is 11.6 Å². The van der Waals surface area contributed by atoms with Gasteiger partial charge in [0, 0.05) is 17.3 Å². The van der Waals surface area contributed by atoms with Gasteiger partial charge >= 0.3 is 0 Å². The molecule has 3 N–H and O–H groups in total. The molecule has 1 amide bonds. The largest absolute Gasteiger partial charge is 0.384 e. The van der Waals surface area contributed by atoms with Gasteiger partial charge in [0.25, 0.3) is 5.91 Å². The van der Waals surface area contributed by atoms with Crippen LogP contribution in [-0.4, -0.2) is 30.5 Å². The van der Waals surface area contributed by atoms with E-state index in [1.165, 1.54) is 12.1 Å². The predicted octanol–water partition coefficient (Wildman–Crippen LogP) is 3.54. The molecule has 132 valence electrons. The number of piperidine rings is 1. The number of pyridine rings is 1. The monoisotopic (exact) mass is 362 g/mol. The zero-order valence-corrected chi connectivity index (χ0v) is 14.4. The molecule has 1 aromatic heterocycles. The number of amides is 1. The summed E-state index contributed by atoms with van der Waals surface area (Å²) in [6.07, 6.45) is 3.28. The molecule has 1 aromatic carbocycles. The number of nitrogens with zero attached hydrogens (tertiary/aromatic N) is 1. The first kappa shape index (κ1) is 17.6. The van der Waals surface area contributed by atoms with Crippen molar-refractivity contribution in [3.8, 4) is 0 Å². The average molecular weight is 363 g/mol. The van der Waals surface area contributed by atoms with Gasteiger partial charge in [-0.2, -0.15) is 0 Å². The highest BCUT2D eigenvalue weighted by Crippen LogP contribution is 2.23. The second-order valence-corrected chi connectivity index (χ2v) is 6.52. The van der Waals surface area contributed by atoms with Crippen LogP contribution < -0.4 is 16.0 Å². The minimum atomic E-state index is -0.454. The number of carbonyl (C=O) groups excluding carboxylic acids is 1. The third kappa shape index (κ3) is 4.90. The third-order valence-electron chi connectivity index (χ3n) is 4.24. The number of aromatic nitrogens is 1. The number of nitrogens with one attached hydrogen (secondary N) is 3. The molecule has 5 nitrogen and oxygen atoms in total. The highest BCUT2D eigenvalue weighted by molar-refractivity contribution is 6.31. The van der Waals surface area contributed by atoms with Gasteiger partial charge in [-0.05, 0) is 62.2 Å². The van der Waals surface area contributed by atoms with Gasteiger partial charge in [0.1, 0.15) is 11.6 Å². The van der Waals surface area contributed by atoms with Crippen LogP contribution in [0.15, 0.2) is 36.5 Å². The molecule has 2 heterocycles. The summed E-state index contributed by atoms with van der Waals surface area (Å²) in [5.74, 6) is 0.0711. The minimum absolute atomic E-state index is 0.288. The minimum Gasteiger partial charge on any atom is -0.384 e. The van der Waals surface area contributed by atoms with E-state index in [0.29, 0.717) is 16.5 Å². The standard InChI is InChI=1S/C18H20ClFN4O/c19-13-1-3-16(22-10-12-5-7-21-8-6-12)15(9-13)18(25)24-17-4-2-14(20)11-23-17/h1-4,9,11-12,21-22H,5-8,10H2,(H,23,24,25). The summed E-state index contributed by atoms with van der Waals surface area (Å²) < 4.78 is 12.9. The summed E-state index contributed by atoms with van der Waals surface area (Å²) in [4.78, 5) is 16.4. The van der Waals surface area contributed by atoms with Crippen LogP contribution in [0.25, 0.3) is 0 Å². The fourth-order valence-electron chi connectivity index (χ4n) is 2.83. The molecule has 2 aromatic rings. The summed E-state index contributed by atoms with van der Waals surface area (Å²) in [7, 11) is 0. The van der Waals surface area contributed by atoms with Gasteiger partial charge in [0.2, 0.25) is 0 Å². The fourth-order valence-corrected chi connectivity index (χ4v) is 3.00. The van der Waals surface area contributed by atoms with Crippen LogP contribution in [0.5, 0.6) is 0 Å². The molecule has 1 aliphatic heterocycles. The Labute approximate surface area is 151 Å². The van der Waals surface area contributed by atoms with E-state index in [-0.39, 0.29) is 11.7 Å². The van der Waals surface area contributed by atoms with Crippen LogP contribution in [0.3, 0.4) is 0 Å². The first-order valence-corrected chi connectivity index (χ1v) is 8.66. The molecule has 0 radical (unpaired) electrons. The fraction of sp³-hybridized carbons (Fsp3) is 0.333. The lowest BCUT2D eigenvalue weighted by molar-refractivity contribution is 0.102. The Hall–Kier alpha value is -2.18. The predicted molar refractivity (Wildman–Crippen MR) is 97.7 cm³/mol. The van der Waals surface area contributed by atoms with Crippen molar-refractivity contribution in [2.24, 2.45) is 5.92 Å². The number of hydrogen-bond donors (Lipinski definition) is 3. The second-order valence-electron chi connectivity index (χ2n) is 6.08. The van der Waals surface area contributed by atoms with Crippen molar-refractivity contribution in [1.29, 1.82) is 0 Å². The Bertz CT molecular complexity index is 732. The lowest BCUT2D eigenvalue weighted by Gasteiger charge is -2.23. The maximum Gasteiger partial charge on any atom is 0.258 e. The lowest BCUT2D eigenvalue weighted by Crippen LogP contribution is -2.31. The molecule has 0 unspecified atom stereocenters. The van der Waals surface area contributed by atoms with E-state index in [9.17, 15) is 9.18 Å². The van der Waals surface area contributed by atoms with Crippen molar-refractivity contribution >= 4 is 29.0 Å². The number of benzene rings is 1. The topological polar surface area (TPSA) is 66.0 Å². The first-order chi connectivity index (χ1) is 12.1. The number of halogens is 2. The Morgan fingerprint density at radius 1 is 1.28 bits per heavy atom. The van der Waals surface area contributed by atoms with Crippen LogP contribution >= 0.6 is 11.6 Å². The van der Waals surface area contributed by atoms with Gasteiger partial charge < -0.3 is 16.0 Å². The van der Waals surface area contributed by atoms with Crippen molar-refractivity contribution in [2.45, 2.75) is 12.8 Å². The van der Waals surface area contributed by atoms with Crippen LogP contribution in [-0.2, 0) is 0 Å². The molecule has 0 aliphatic carbocycles. The first-order valence-electron chi connectivity index (χ1n) is 8.29. The van der Waals surface area contributed by atoms with E-state index in [4.69, 9.17) is 11.6 Å². The molecule has 1 saturated heterocycles. The van der Waals surface area contributed by atoms with Crippen LogP contribution in [0.4, 0.5) is 15.9 Å². The van der Waals surface area contributed by atoms with E-state index >= 15 is 0 Å². The molecule has 3 rings (SSSR count). The van der Waals surface area contributed by atoms with Crippen molar-refractivity contribution in [1.82, 2.24) is 10.3 Å². The number of rotatable bonds is 5. The Balaban J connectivity index is 1.71. The van der Waals surface area contributed by atoms with Gasteiger partial charge in [-0.25, -0.2) is 9.37 Å². The zero-order valence-electron chi connectivity index (χ0n) is 13.7. The van der Waals surface area contributed by atoms with E-state index in [2.05, 4.69) is 20.9 Å². The van der Waals surface area contributed by atoms with Crippen molar-refractivity contribution < 1.29 is 9.18 Å². The maximum atomic E-state index is 12.9. The summed E-state index contributed by atoms with van der Waals surface area (Å²) in [6.45, 7) is 2.85. The summed E-state index contributed by atoms with van der Waals surface area (Å²) in [6, 6.07) is 7.83. The van der Waals surface area contributed by atoms with Crippen molar-refractivity contribution in [2.75, 3.05) is 30.3 Å². The number of carbonyl (C=O) groups is 1. The summed E-state index contributed by atoms with van der Waals surface area (Å²) in [5.41, 5.74) is 1.16. The molecule has 7 heteroatoms. The van der Waals surface area contributed by atoms with Crippen molar-refractivity contribution in [3.05, 3.63) is 52.9 Å². The summed E-state index contributed by atoms with van der Waals surface area (Å²) in [5, 5.41) is 9.84. The lowest BCUT2D eigenvalue weighted by atomic mass is 9.98. The van der Waals surface area contributed by atoms with Crippen LogP contribution in [0.2, 0.25) is 5.02 Å². The van der Waals surface area contributed by atoms with E-state index in [1.807, 2.05) is 0 Å². The number of anilines is 2. The molecule has 0 spiro atoms. The van der Waals surface area contributed by atoms with Gasteiger partial charge in [-0.3, -0.25) is 4.79 Å². The SMILES string of the molecule is O=C(Nc1ccc(F)cn1)c1cc(Cl)ccc1NCC1CCNCC1. The Morgan fingerprint density at radius 2 is 2.08 bits per heavy atom. The highest BCUT2D eigenvalue weighted by Gasteiger charge is 2.16. The quantitative estimate of drug-likeness (QED) is 0.761. The molecular formula is C18H20ClFN4O. The average Bonchev–Trinajstić information content (AvgIpc) is 2.63. The molecule has 1 aliphatic rings. The van der Waals surface area contributed by atoms with Crippen molar-refractivity contribution in [3.63, 3.8) is 0 Å². The molecule has 0 saturated carbocycles. The molecular weight excluding hydrogens is 343 g/mol. The normalized spacial score (nSPS) is 15.0. The van der Waals surface area contributed by atoms with E-state index < -0.39 is 5.82 Å². The van der Waals surface area contributed by atoms with Crippen LogP contribution in [0.1, 0.15) is 23.2 Å². The molecule has 0 atom stereocenters. The Kier molecular flexibility index (Phi) is 5.83. The molecule has 0 bridgehead atoms. The van der Waals surface area contributed by atoms with Gasteiger partial charge in [0.15, 0.2) is 0 Å². The smallest absolute Gasteiger partial charge is 0.258 e.